The van der Waals surface area contributed by atoms with Crippen molar-refractivity contribution in [2.45, 2.75) is 39.2 Å². The van der Waals surface area contributed by atoms with E-state index in [-0.39, 0.29) is 5.54 Å². The van der Waals surface area contributed by atoms with Crippen molar-refractivity contribution in [1.82, 2.24) is 5.32 Å². The van der Waals surface area contributed by atoms with E-state index in [2.05, 4.69) is 28.2 Å². The first kappa shape index (κ1) is 11.9. The molecule has 1 saturated heterocycles. The molecule has 3 heteroatoms. The highest BCUT2D eigenvalue weighted by Crippen LogP contribution is 2.41. The lowest BCUT2D eigenvalue weighted by Crippen LogP contribution is -2.34. The number of phenolic OH excluding ortho intramolecular Hbond substituents is 1. The summed E-state index contributed by atoms with van der Waals surface area (Å²) in [6.07, 6.45) is 2.31. The van der Waals surface area contributed by atoms with Crippen LogP contribution in [0.3, 0.4) is 0 Å². The van der Waals surface area contributed by atoms with Gasteiger partial charge in [-0.15, -0.1) is 0 Å². The topological polar surface area (TPSA) is 32.3 Å². The Morgan fingerprint density at radius 3 is 2.69 bits per heavy atom. The summed E-state index contributed by atoms with van der Waals surface area (Å²) < 4.78 is 1.09. The van der Waals surface area contributed by atoms with Crippen LogP contribution in [0.1, 0.15) is 36.5 Å². The molecule has 2 N–H and O–H groups in total. The van der Waals surface area contributed by atoms with Gasteiger partial charge in [-0.3, -0.25) is 0 Å². The van der Waals surface area contributed by atoms with E-state index in [0.717, 1.165) is 28.6 Å². The van der Waals surface area contributed by atoms with Gasteiger partial charge in [0, 0.05) is 10.0 Å². The maximum absolute atomic E-state index is 10.0. The lowest BCUT2D eigenvalue weighted by molar-refractivity contribution is 0.419. The maximum atomic E-state index is 10.0. The molecule has 1 aromatic carbocycles. The van der Waals surface area contributed by atoms with Gasteiger partial charge in [-0.2, -0.15) is 0 Å². The Balaban J connectivity index is 2.60. The van der Waals surface area contributed by atoms with Gasteiger partial charge in [-0.25, -0.2) is 0 Å². The molecule has 16 heavy (non-hydrogen) atoms. The lowest BCUT2D eigenvalue weighted by Gasteiger charge is -2.29. The number of hydrogen-bond donors (Lipinski definition) is 2. The van der Waals surface area contributed by atoms with E-state index in [1.165, 1.54) is 12.0 Å². The van der Waals surface area contributed by atoms with E-state index in [1.54, 1.807) is 0 Å². The highest BCUT2D eigenvalue weighted by molar-refractivity contribution is 9.10. The Hall–Kier alpha value is -0.540. The summed E-state index contributed by atoms with van der Waals surface area (Å²) in [5, 5.41) is 13.6. The summed E-state index contributed by atoms with van der Waals surface area (Å²) in [5.74, 6) is 0.424. The summed E-state index contributed by atoms with van der Waals surface area (Å²) in [6.45, 7) is 7.19. The van der Waals surface area contributed by atoms with Crippen molar-refractivity contribution in [2.75, 3.05) is 6.54 Å². The first-order chi connectivity index (χ1) is 7.46. The van der Waals surface area contributed by atoms with Crippen molar-refractivity contribution < 1.29 is 5.11 Å². The van der Waals surface area contributed by atoms with Gasteiger partial charge in [0.1, 0.15) is 5.75 Å². The van der Waals surface area contributed by atoms with Gasteiger partial charge in [-0.1, -0.05) is 15.9 Å². The molecule has 0 radical (unpaired) electrons. The van der Waals surface area contributed by atoms with Crippen molar-refractivity contribution in [1.29, 1.82) is 0 Å². The predicted octanol–water partition coefficient (Wildman–Crippen LogP) is 3.37. The van der Waals surface area contributed by atoms with Gasteiger partial charge in [0.15, 0.2) is 0 Å². The number of aromatic hydroxyl groups is 1. The zero-order valence-corrected chi connectivity index (χ0v) is 11.6. The molecule has 0 amide bonds. The highest BCUT2D eigenvalue weighted by Gasteiger charge is 2.34. The average molecular weight is 284 g/mol. The van der Waals surface area contributed by atoms with Crippen LogP contribution < -0.4 is 5.32 Å². The van der Waals surface area contributed by atoms with E-state index in [9.17, 15) is 5.11 Å². The fraction of sp³-hybridized carbons (Fsp3) is 0.538. The minimum Gasteiger partial charge on any atom is -0.507 e. The molecule has 0 spiro atoms. The Morgan fingerprint density at radius 1 is 1.44 bits per heavy atom. The number of nitrogens with one attached hydrogen (secondary N) is 1. The zero-order valence-electron chi connectivity index (χ0n) is 10.0. The first-order valence-electron chi connectivity index (χ1n) is 5.70. The molecule has 88 valence electrons. The molecule has 1 aromatic rings. The fourth-order valence-electron chi connectivity index (χ4n) is 2.71. The molecule has 1 aliphatic rings. The molecule has 0 aromatic heterocycles. The Morgan fingerprint density at radius 2 is 2.12 bits per heavy atom. The molecule has 1 heterocycles. The second-order valence-electron chi connectivity index (χ2n) is 4.89. The van der Waals surface area contributed by atoms with Crippen LogP contribution in [0.4, 0.5) is 0 Å². The van der Waals surface area contributed by atoms with Crippen molar-refractivity contribution >= 4 is 15.9 Å². The third-order valence-corrected chi connectivity index (χ3v) is 4.23. The van der Waals surface area contributed by atoms with Gasteiger partial charge in [-0.05, 0) is 62.9 Å². The Kier molecular flexibility index (Phi) is 3.01. The standard InChI is InChI=1S/C13H18BrNO/c1-8-7-10(14)11(9(2)12(8)16)13(3)5-4-6-15-13/h7,15-16H,4-6H2,1-3H3. The average Bonchev–Trinajstić information content (AvgIpc) is 2.62. The monoisotopic (exact) mass is 283 g/mol. The minimum absolute atomic E-state index is 0.00586. The Bertz CT molecular complexity index is 422. The van der Waals surface area contributed by atoms with Gasteiger partial charge in [0.25, 0.3) is 0 Å². The first-order valence-corrected chi connectivity index (χ1v) is 6.49. The number of aryl methyl sites for hydroxylation is 1. The summed E-state index contributed by atoms with van der Waals surface area (Å²) >= 11 is 3.63. The van der Waals surface area contributed by atoms with Crippen LogP contribution in [0, 0.1) is 13.8 Å². The number of hydrogen-bond acceptors (Lipinski definition) is 2. The zero-order chi connectivity index (χ0) is 11.9. The summed E-state index contributed by atoms with van der Waals surface area (Å²) in [4.78, 5) is 0. The van der Waals surface area contributed by atoms with Crippen LogP contribution in [-0.2, 0) is 5.54 Å². The van der Waals surface area contributed by atoms with E-state index in [1.807, 2.05) is 19.9 Å². The van der Waals surface area contributed by atoms with Gasteiger partial charge in [0.2, 0.25) is 0 Å². The third-order valence-electron chi connectivity index (χ3n) is 3.61. The van der Waals surface area contributed by atoms with E-state index >= 15 is 0 Å². The number of rotatable bonds is 1. The van der Waals surface area contributed by atoms with Crippen LogP contribution in [-0.4, -0.2) is 11.7 Å². The van der Waals surface area contributed by atoms with Gasteiger partial charge in [0.05, 0.1) is 0 Å². The molecule has 0 bridgehead atoms. The van der Waals surface area contributed by atoms with Crippen LogP contribution in [0.15, 0.2) is 10.5 Å². The molecule has 1 fully saturated rings. The molecule has 0 saturated carbocycles. The van der Waals surface area contributed by atoms with Crippen LogP contribution in [0.2, 0.25) is 0 Å². The summed E-state index contributed by atoms with van der Waals surface area (Å²) in [5.41, 5.74) is 3.11. The normalized spacial score (nSPS) is 25.0. The fourth-order valence-corrected chi connectivity index (χ4v) is 3.79. The van der Waals surface area contributed by atoms with Crippen LogP contribution in [0.25, 0.3) is 0 Å². The summed E-state index contributed by atoms with van der Waals surface area (Å²) in [6, 6.07) is 2.00. The largest absolute Gasteiger partial charge is 0.507 e. The third kappa shape index (κ3) is 1.76. The Labute approximate surface area is 105 Å². The number of halogens is 1. The highest BCUT2D eigenvalue weighted by atomic mass is 79.9. The molecule has 1 atom stereocenters. The molecule has 0 aliphatic carbocycles. The van der Waals surface area contributed by atoms with Crippen molar-refractivity contribution in [3.8, 4) is 5.75 Å². The smallest absolute Gasteiger partial charge is 0.121 e. The van der Waals surface area contributed by atoms with Gasteiger partial charge >= 0.3 is 0 Å². The molecule has 2 nitrogen and oxygen atoms in total. The minimum atomic E-state index is -0.00586. The van der Waals surface area contributed by atoms with Crippen molar-refractivity contribution in [2.24, 2.45) is 0 Å². The number of phenols is 1. The van der Waals surface area contributed by atoms with E-state index in [4.69, 9.17) is 0 Å². The maximum Gasteiger partial charge on any atom is 0.121 e. The SMILES string of the molecule is Cc1cc(Br)c(C2(C)CCCN2)c(C)c1O. The molecular formula is C13H18BrNO. The number of benzene rings is 1. The van der Waals surface area contributed by atoms with Crippen molar-refractivity contribution in [3.63, 3.8) is 0 Å². The van der Waals surface area contributed by atoms with Crippen LogP contribution >= 0.6 is 15.9 Å². The summed E-state index contributed by atoms with van der Waals surface area (Å²) in [7, 11) is 0. The lowest BCUT2D eigenvalue weighted by atomic mass is 9.86. The second-order valence-corrected chi connectivity index (χ2v) is 5.74. The van der Waals surface area contributed by atoms with E-state index < -0.39 is 0 Å². The molecule has 1 aliphatic heterocycles. The molecule has 1 unspecified atom stereocenters. The van der Waals surface area contributed by atoms with Gasteiger partial charge < -0.3 is 10.4 Å². The molecular weight excluding hydrogens is 266 g/mol. The van der Waals surface area contributed by atoms with Crippen molar-refractivity contribution in [3.05, 3.63) is 27.2 Å². The quantitative estimate of drug-likeness (QED) is 0.828. The second kappa shape index (κ2) is 4.04. The predicted molar refractivity (Wildman–Crippen MR) is 69.9 cm³/mol. The van der Waals surface area contributed by atoms with Crippen LogP contribution in [0.5, 0.6) is 5.75 Å². The molecule has 2 rings (SSSR count). The van der Waals surface area contributed by atoms with E-state index in [0.29, 0.717) is 5.75 Å².